The normalized spacial score (nSPS) is 12.9. The van der Waals surface area contributed by atoms with E-state index in [-0.39, 0.29) is 11.7 Å². The largest absolute Gasteiger partial charge is 0.497 e. The maximum absolute atomic E-state index is 11.8. The van der Waals surface area contributed by atoms with Gasteiger partial charge >= 0.3 is 0 Å². The number of carbonyl (C=O) groups excluding carboxylic acids is 1. The molecule has 1 aromatic carbocycles. The number of carbonyl (C=O) groups is 1. The Labute approximate surface area is 109 Å². The number of ketones is 1. The zero-order valence-electron chi connectivity index (χ0n) is 11.5. The maximum atomic E-state index is 11.8. The van der Waals surface area contributed by atoms with Crippen LogP contribution in [-0.4, -0.2) is 38.4 Å². The van der Waals surface area contributed by atoms with E-state index in [0.29, 0.717) is 0 Å². The minimum absolute atomic E-state index is 0.0227. The van der Waals surface area contributed by atoms with Crippen LogP contribution in [0.4, 0.5) is 0 Å². The molecule has 0 aliphatic carbocycles. The third-order valence-electron chi connectivity index (χ3n) is 2.68. The van der Waals surface area contributed by atoms with E-state index in [1.54, 1.807) is 13.2 Å². The van der Waals surface area contributed by atoms with E-state index in [1.807, 2.05) is 56.3 Å². The van der Waals surface area contributed by atoms with Crippen molar-refractivity contribution in [3.63, 3.8) is 0 Å². The SMILES string of the molecule is COc1ccc(/C=C/C(=O)[C@H](C)CN(C)C)cc1. The van der Waals surface area contributed by atoms with Crippen molar-refractivity contribution in [2.75, 3.05) is 27.7 Å². The first-order valence-electron chi connectivity index (χ1n) is 6.03. The zero-order valence-corrected chi connectivity index (χ0v) is 11.5. The highest BCUT2D eigenvalue weighted by Gasteiger charge is 2.10. The average Bonchev–Trinajstić information content (AvgIpc) is 2.35. The summed E-state index contributed by atoms with van der Waals surface area (Å²) in [5, 5.41) is 0. The van der Waals surface area contributed by atoms with Gasteiger partial charge in [-0.1, -0.05) is 25.1 Å². The smallest absolute Gasteiger partial charge is 0.159 e. The zero-order chi connectivity index (χ0) is 13.5. The summed E-state index contributed by atoms with van der Waals surface area (Å²) >= 11 is 0. The summed E-state index contributed by atoms with van der Waals surface area (Å²) in [6.45, 7) is 2.71. The molecule has 0 saturated carbocycles. The molecule has 0 amide bonds. The van der Waals surface area contributed by atoms with E-state index in [2.05, 4.69) is 0 Å². The standard InChI is InChI=1S/C15H21NO2/c1-12(11-16(2)3)15(17)10-7-13-5-8-14(18-4)9-6-13/h5-10,12H,11H2,1-4H3/b10-7+/t12-/m1/s1. The van der Waals surface area contributed by atoms with Gasteiger partial charge in [-0.05, 0) is 37.9 Å². The Balaban J connectivity index is 2.59. The fourth-order valence-corrected chi connectivity index (χ4v) is 1.70. The van der Waals surface area contributed by atoms with Gasteiger partial charge < -0.3 is 9.64 Å². The molecule has 1 aromatic rings. The molecule has 18 heavy (non-hydrogen) atoms. The molecule has 0 saturated heterocycles. The molecule has 0 aromatic heterocycles. The number of ether oxygens (including phenoxy) is 1. The highest BCUT2D eigenvalue weighted by Crippen LogP contribution is 2.12. The number of methoxy groups -OCH3 is 1. The van der Waals surface area contributed by atoms with Crippen LogP contribution in [-0.2, 0) is 4.79 Å². The van der Waals surface area contributed by atoms with E-state index in [0.717, 1.165) is 17.9 Å². The molecule has 98 valence electrons. The second kappa shape index (κ2) is 6.97. The first-order valence-corrected chi connectivity index (χ1v) is 6.03. The summed E-state index contributed by atoms with van der Waals surface area (Å²) in [4.78, 5) is 13.9. The Morgan fingerprint density at radius 2 is 1.94 bits per heavy atom. The average molecular weight is 247 g/mol. The lowest BCUT2D eigenvalue weighted by Crippen LogP contribution is -2.24. The minimum Gasteiger partial charge on any atom is -0.497 e. The van der Waals surface area contributed by atoms with Crippen LogP contribution in [0, 0.1) is 5.92 Å². The van der Waals surface area contributed by atoms with Crippen LogP contribution in [0.3, 0.4) is 0 Å². The molecular formula is C15H21NO2. The van der Waals surface area contributed by atoms with Crippen molar-refractivity contribution >= 4 is 11.9 Å². The van der Waals surface area contributed by atoms with Crippen molar-refractivity contribution in [2.24, 2.45) is 5.92 Å². The van der Waals surface area contributed by atoms with Crippen molar-refractivity contribution in [3.05, 3.63) is 35.9 Å². The van der Waals surface area contributed by atoms with Crippen molar-refractivity contribution in [3.8, 4) is 5.75 Å². The van der Waals surface area contributed by atoms with Gasteiger partial charge in [0.25, 0.3) is 0 Å². The number of hydrogen-bond acceptors (Lipinski definition) is 3. The van der Waals surface area contributed by atoms with Crippen LogP contribution < -0.4 is 4.74 Å². The fourth-order valence-electron chi connectivity index (χ4n) is 1.70. The van der Waals surface area contributed by atoms with Crippen LogP contribution in [0.1, 0.15) is 12.5 Å². The van der Waals surface area contributed by atoms with Crippen LogP contribution in [0.25, 0.3) is 6.08 Å². The summed E-state index contributed by atoms with van der Waals surface area (Å²) in [7, 11) is 5.57. The van der Waals surface area contributed by atoms with Gasteiger partial charge in [0.15, 0.2) is 5.78 Å². The summed E-state index contributed by atoms with van der Waals surface area (Å²) in [6.07, 6.45) is 3.49. The van der Waals surface area contributed by atoms with Gasteiger partial charge in [-0.25, -0.2) is 0 Å². The molecule has 0 fully saturated rings. The van der Waals surface area contributed by atoms with E-state index in [9.17, 15) is 4.79 Å². The van der Waals surface area contributed by atoms with Crippen LogP contribution in [0.15, 0.2) is 30.3 Å². The van der Waals surface area contributed by atoms with Gasteiger partial charge in [0.2, 0.25) is 0 Å². The first-order chi connectivity index (χ1) is 8.52. The monoisotopic (exact) mass is 247 g/mol. The van der Waals surface area contributed by atoms with Gasteiger partial charge in [0, 0.05) is 12.5 Å². The molecular weight excluding hydrogens is 226 g/mol. The topological polar surface area (TPSA) is 29.5 Å². The lowest BCUT2D eigenvalue weighted by atomic mass is 10.0. The molecule has 0 heterocycles. The molecule has 0 N–H and O–H groups in total. The van der Waals surface area contributed by atoms with Gasteiger partial charge in [0.05, 0.1) is 7.11 Å². The molecule has 0 aliphatic heterocycles. The quantitative estimate of drug-likeness (QED) is 0.723. The maximum Gasteiger partial charge on any atom is 0.159 e. The lowest BCUT2D eigenvalue weighted by molar-refractivity contribution is -0.118. The van der Waals surface area contributed by atoms with Gasteiger partial charge in [-0.2, -0.15) is 0 Å². The Bertz CT molecular complexity index is 407. The summed E-state index contributed by atoms with van der Waals surface area (Å²) in [5.41, 5.74) is 1.00. The van der Waals surface area contributed by atoms with Crippen LogP contribution in [0.2, 0.25) is 0 Å². The second-order valence-electron chi connectivity index (χ2n) is 4.67. The first kappa shape index (κ1) is 14.5. The Hall–Kier alpha value is -1.61. The molecule has 0 aliphatic rings. The molecule has 0 radical (unpaired) electrons. The van der Waals surface area contributed by atoms with Crippen molar-refractivity contribution < 1.29 is 9.53 Å². The number of benzene rings is 1. The Morgan fingerprint density at radius 3 is 2.44 bits per heavy atom. The predicted octanol–water partition coefficient (Wildman–Crippen LogP) is 2.48. The molecule has 0 spiro atoms. The van der Waals surface area contributed by atoms with E-state index >= 15 is 0 Å². The van der Waals surface area contributed by atoms with Gasteiger partial charge in [-0.3, -0.25) is 4.79 Å². The van der Waals surface area contributed by atoms with Crippen molar-refractivity contribution in [1.82, 2.24) is 4.90 Å². The lowest BCUT2D eigenvalue weighted by Gasteiger charge is -2.13. The third kappa shape index (κ3) is 4.72. The molecule has 0 bridgehead atoms. The van der Waals surface area contributed by atoms with Gasteiger partial charge in [0.1, 0.15) is 5.75 Å². The van der Waals surface area contributed by atoms with Crippen molar-refractivity contribution in [1.29, 1.82) is 0 Å². The summed E-state index contributed by atoms with van der Waals surface area (Å²) in [5.74, 6) is 0.994. The summed E-state index contributed by atoms with van der Waals surface area (Å²) < 4.78 is 5.08. The van der Waals surface area contributed by atoms with Crippen molar-refractivity contribution in [2.45, 2.75) is 6.92 Å². The van der Waals surface area contributed by atoms with Crippen LogP contribution in [0.5, 0.6) is 5.75 Å². The van der Waals surface area contributed by atoms with E-state index in [1.165, 1.54) is 0 Å². The highest BCUT2D eigenvalue weighted by molar-refractivity contribution is 5.95. The highest BCUT2D eigenvalue weighted by atomic mass is 16.5. The van der Waals surface area contributed by atoms with E-state index in [4.69, 9.17) is 4.74 Å². The summed E-state index contributed by atoms with van der Waals surface area (Å²) in [6, 6.07) is 7.62. The number of rotatable bonds is 6. The number of nitrogens with zero attached hydrogens (tertiary/aromatic N) is 1. The number of allylic oxidation sites excluding steroid dienone is 1. The van der Waals surface area contributed by atoms with Gasteiger partial charge in [-0.15, -0.1) is 0 Å². The Kier molecular flexibility index (Phi) is 5.59. The second-order valence-corrected chi connectivity index (χ2v) is 4.67. The molecule has 3 nitrogen and oxygen atoms in total. The van der Waals surface area contributed by atoms with E-state index < -0.39 is 0 Å². The number of hydrogen-bond donors (Lipinski definition) is 0. The minimum atomic E-state index is 0.0227. The predicted molar refractivity (Wildman–Crippen MR) is 74.8 cm³/mol. The molecule has 1 rings (SSSR count). The third-order valence-corrected chi connectivity index (χ3v) is 2.68. The Morgan fingerprint density at radius 1 is 1.33 bits per heavy atom. The fraction of sp³-hybridized carbons (Fsp3) is 0.400. The molecule has 3 heteroatoms. The molecule has 0 unspecified atom stereocenters. The molecule has 1 atom stereocenters. The van der Waals surface area contributed by atoms with Crippen LogP contribution >= 0.6 is 0 Å².